The quantitative estimate of drug-likeness (QED) is 0.766. The van der Waals surface area contributed by atoms with E-state index in [1.54, 1.807) is 18.2 Å². The first-order valence-electron chi connectivity index (χ1n) is 7.33. The Labute approximate surface area is 142 Å². The predicted octanol–water partition coefficient (Wildman–Crippen LogP) is 1.19. The standard InChI is InChI=1S/C17H15NO7/c1-22-16(20)12-8-24-9-18(15(12)17(21)23-2)10-3-4-14-11(7-10)13(19)5-6-25-14/h3-7H,8-9H2,1-2H3. The maximum atomic E-state index is 12.2. The highest BCUT2D eigenvalue weighted by atomic mass is 16.5. The Morgan fingerprint density at radius 2 is 1.88 bits per heavy atom. The second-order valence-electron chi connectivity index (χ2n) is 5.18. The van der Waals surface area contributed by atoms with Crippen molar-refractivity contribution in [3.63, 3.8) is 0 Å². The molecule has 1 aromatic heterocycles. The molecule has 1 aliphatic heterocycles. The number of fused-ring (bicyclic) bond motifs is 1. The molecule has 130 valence electrons. The van der Waals surface area contributed by atoms with Crippen LogP contribution in [0.5, 0.6) is 0 Å². The lowest BCUT2D eigenvalue weighted by Crippen LogP contribution is -2.38. The number of ether oxygens (including phenoxy) is 3. The SMILES string of the molecule is COC(=O)C1=C(C(=O)OC)N(c2ccc3occc(=O)c3c2)COC1. The van der Waals surface area contributed by atoms with Gasteiger partial charge in [-0.15, -0.1) is 0 Å². The van der Waals surface area contributed by atoms with Crippen LogP contribution in [0.15, 0.2) is 51.0 Å². The van der Waals surface area contributed by atoms with Crippen LogP contribution in [0.4, 0.5) is 5.69 Å². The molecule has 0 fully saturated rings. The third-order valence-corrected chi connectivity index (χ3v) is 3.79. The number of rotatable bonds is 3. The van der Waals surface area contributed by atoms with E-state index in [9.17, 15) is 14.4 Å². The summed E-state index contributed by atoms with van der Waals surface area (Å²) >= 11 is 0. The van der Waals surface area contributed by atoms with Crippen LogP contribution in [-0.2, 0) is 23.8 Å². The number of hydrogen-bond acceptors (Lipinski definition) is 8. The Morgan fingerprint density at radius 1 is 1.12 bits per heavy atom. The zero-order valence-corrected chi connectivity index (χ0v) is 13.6. The van der Waals surface area contributed by atoms with Crippen LogP contribution in [0, 0.1) is 0 Å². The van der Waals surface area contributed by atoms with Crippen LogP contribution in [0.3, 0.4) is 0 Å². The predicted molar refractivity (Wildman–Crippen MR) is 86.8 cm³/mol. The molecule has 2 heterocycles. The molecule has 0 aliphatic carbocycles. The van der Waals surface area contributed by atoms with Crippen molar-refractivity contribution in [2.24, 2.45) is 0 Å². The second kappa shape index (κ2) is 6.78. The lowest BCUT2D eigenvalue weighted by molar-refractivity contribution is -0.140. The summed E-state index contributed by atoms with van der Waals surface area (Å²) in [6.45, 7) is -0.0715. The Hall–Kier alpha value is -3.13. The number of carbonyl (C=O) groups excluding carboxylic acids is 2. The molecule has 0 amide bonds. The van der Waals surface area contributed by atoms with Gasteiger partial charge in [-0.05, 0) is 18.2 Å². The van der Waals surface area contributed by atoms with Gasteiger partial charge in [-0.1, -0.05) is 0 Å². The van der Waals surface area contributed by atoms with Crippen molar-refractivity contribution in [3.05, 3.63) is 52.0 Å². The molecule has 0 N–H and O–H groups in total. The van der Waals surface area contributed by atoms with Gasteiger partial charge in [0.25, 0.3) is 0 Å². The summed E-state index contributed by atoms with van der Waals surface area (Å²) in [5.41, 5.74) is 0.720. The van der Waals surface area contributed by atoms with Gasteiger partial charge in [0.2, 0.25) is 0 Å². The molecular formula is C17H15NO7. The van der Waals surface area contributed by atoms with E-state index in [2.05, 4.69) is 0 Å². The van der Waals surface area contributed by atoms with Crippen LogP contribution in [0.1, 0.15) is 0 Å². The van der Waals surface area contributed by atoms with Crippen molar-refractivity contribution in [1.29, 1.82) is 0 Å². The molecule has 0 saturated carbocycles. The molecule has 2 aromatic rings. The number of carbonyl (C=O) groups is 2. The monoisotopic (exact) mass is 345 g/mol. The van der Waals surface area contributed by atoms with Crippen molar-refractivity contribution in [1.82, 2.24) is 0 Å². The van der Waals surface area contributed by atoms with Crippen LogP contribution in [0.2, 0.25) is 0 Å². The van der Waals surface area contributed by atoms with Crippen LogP contribution >= 0.6 is 0 Å². The molecule has 8 nitrogen and oxygen atoms in total. The molecule has 0 bridgehead atoms. The van der Waals surface area contributed by atoms with Crippen molar-refractivity contribution in [3.8, 4) is 0 Å². The van der Waals surface area contributed by atoms with Gasteiger partial charge in [0.15, 0.2) is 5.43 Å². The third kappa shape index (κ3) is 2.99. The molecule has 3 rings (SSSR count). The Bertz CT molecular complexity index is 928. The smallest absolute Gasteiger partial charge is 0.355 e. The first kappa shape index (κ1) is 16.7. The fourth-order valence-electron chi connectivity index (χ4n) is 2.59. The van der Waals surface area contributed by atoms with Crippen molar-refractivity contribution in [2.45, 2.75) is 0 Å². The first-order chi connectivity index (χ1) is 12.1. The molecule has 25 heavy (non-hydrogen) atoms. The summed E-state index contributed by atoms with van der Waals surface area (Å²) in [5, 5.41) is 0.342. The summed E-state index contributed by atoms with van der Waals surface area (Å²) in [4.78, 5) is 37.7. The maximum Gasteiger partial charge on any atom is 0.355 e. The maximum absolute atomic E-state index is 12.2. The highest BCUT2D eigenvalue weighted by molar-refractivity contribution is 6.03. The van der Waals surface area contributed by atoms with Crippen molar-refractivity contribution < 1.29 is 28.2 Å². The average Bonchev–Trinajstić information content (AvgIpc) is 2.66. The third-order valence-electron chi connectivity index (χ3n) is 3.79. The molecule has 1 aliphatic rings. The van der Waals surface area contributed by atoms with E-state index in [1.165, 1.54) is 31.4 Å². The van der Waals surface area contributed by atoms with E-state index in [-0.39, 0.29) is 30.0 Å². The van der Waals surface area contributed by atoms with Crippen LogP contribution < -0.4 is 10.3 Å². The van der Waals surface area contributed by atoms with E-state index >= 15 is 0 Å². The zero-order chi connectivity index (χ0) is 18.0. The van der Waals surface area contributed by atoms with Crippen LogP contribution in [-0.4, -0.2) is 39.5 Å². The number of anilines is 1. The lowest BCUT2D eigenvalue weighted by atomic mass is 10.1. The second-order valence-corrected chi connectivity index (χ2v) is 5.18. The van der Waals surface area contributed by atoms with Gasteiger partial charge in [0.1, 0.15) is 18.0 Å². The summed E-state index contributed by atoms with van der Waals surface area (Å²) in [5.74, 6) is -1.39. The molecule has 0 saturated heterocycles. The molecule has 0 unspecified atom stereocenters. The van der Waals surface area contributed by atoms with E-state index in [0.29, 0.717) is 16.7 Å². The first-order valence-corrected chi connectivity index (χ1v) is 7.33. The number of benzene rings is 1. The highest BCUT2D eigenvalue weighted by Crippen LogP contribution is 2.28. The molecule has 8 heteroatoms. The summed E-state index contributed by atoms with van der Waals surface area (Å²) in [7, 11) is 2.43. The normalized spacial score (nSPS) is 14.6. The number of esters is 2. The largest absolute Gasteiger partial charge is 0.466 e. The molecule has 1 aromatic carbocycles. The van der Waals surface area contributed by atoms with Gasteiger partial charge in [-0.25, -0.2) is 9.59 Å². The fraction of sp³-hybridized carbons (Fsp3) is 0.235. The van der Waals surface area contributed by atoms with E-state index in [0.717, 1.165) is 0 Å². The Balaban J connectivity index is 2.17. The van der Waals surface area contributed by atoms with Gasteiger partial charge in [-0.3, -0.25) is 4.79 Å². The van der Waals surface area contributed by atoms with Crippen LogP contribution in [0.25, 0.3) is 11.0 Å². The van der Waals surface area contributed by atoms with Gasteiger partial charge < -0.3 is 23.5 Å². The number of methoxy groups -OCH3 is 2. The lowest BCUT2D eigenvalue weighted by Gasteiger charge is -2.31. The van der Waals surface area contributed by atoms with Gasteiger partial charge in [-0.2, -0.15) is 0 Å². The van der Waals surface area contributed by atoms with E-state index in [1.807, 2.05) is 0 Å². The summed E-state index contributed by atoms with van der Waals surface area (Å²) < 4.78 is 20.2. The van der Waals surface area contributed by atoms with Gasteiger partial charge in [0, 0.05) is 11.8 Å². The van der Waals surface area contributed by atoms with E-state index < -0.39 is 11.9 Å². The zero-order valence-electron chi connectivity index (χ0n) is 13.6. The Kier molecular flexibility index (Phi) is 4.53. The topological polar surface area (TPSA) is 95.3 Å². The molecule has 0 spiro atoms. The van der Waals surface area contributed by atoms with Gasteiger partial charge in [0.05, 0.1) is 38.0 Å². The Morgan fingerprint density at radius 3 is 2.60 bits per heavy atom. The summed E-state index contributed by atoms with van der Waals surface area (Å²) in [6.07, 6.45) is 1.31. The average molecular weight is 345 g/mol. The van der Waals surface area contributed by atoms with E-state index in [4.69, 9.17) is 18.6 Å². The minimum atomic E-state index is -0.705. The van der Waals surface area contributed by atoms with Crippen molar-refractivity contribution in [2.75, 3.05) is 32.5 Å². The molecule has 0 atom stereocenters. The number of nitrogens with zero attached hydrogens (tertiary/aromatic N) is 1. The fourth-order valence-corrected chi connectivity index (χ4v) is 2.59. The number of hydrogen-bond donors (Lipinski definition) is 0. The van der Waals surface area contributed by atoms with Gasteiger partial charge >= 0.3 is 11.9 Å². The molecule has 0 radical (unpaired) electrons. The minimum Gasteiger partial charge on any atom is -0.466 e. The minimum absolute atomic E-state index is 0.00853. The van der Waals surface area contributed by atoms with Crippen molar-refractivity contribution >= 4 is 28.6 Å². The highest BCUT2D eigenvalue weighted by Gasteiger charge is 2.32. The molecular weight excluding hydrogens is 330 g/mol. The summed E-state index contributed by atoms with van der Waals surface area (Å²) in [6, 6.07) is 6.12.